The molecule has 0 radical (unpaired) electrons. The lowest BCUT2D eigenvalue weighted by Gasteiger charge is -2.60. The third-order valence-corrected chi connectivity index (χ3v) is 8.59. The quantitative estimate of drug-likeness (QED) is 0.714. The molecule has 0 amide bonds. The van der Waals surface area contributed by atoms with Crippen LogP contribution in [-0.4, -0.2) is 22.4 Å². The van der Waals surface area contributed by atoms with Gasteiger partial charge in [-0.2, -0.15) is 0 Å². The van der Waals surface area contributed by atoms with Gasteiger partial charge in [-0.25, -0.2) is 0 Å². The zero-order valence-corrected chi connectivity index (χ0v) is 13.7. The molecule has 0 aliphatic heterocycles. The van der Waals surface area contributed by atoms with Crippen molar-refractivity contribution < 1.29 is 10.2 Å². The number of rotatable bonds is 0. The van der Waals surface area contributed by atoms with Crippen LogP contribution in [0.1, 0.15) is 71.6 Å². The Labute approximate surface area is 129 Å². The molecule has 4 unspecified atom stereocenters. The smallest absolute Gasteiger partial charge is 0.0596 e. The van der Waals surface area contributed by atoms with Crippen LogP contribution in [0.3, 0.4) is 0 Å². The molecule has 2 heteroatoms. The molecule has 0 aromatic carbocycles. The van der Waals surface area contributed by atoms with Gasteiger partial charge in [-0.05, 0) is 92.3 Å². The predicted molar refractivity (Wildman–Crippen MR) is 83.7 cm³/mol. The van der Waals surface area contributed by atoms with E-state index in [1.54, 1.807) is 0 Å². The Morgan fingerprint density at radius 1 is 0.762 bits per heavy atom. The van der Waals surface area contributed by atoms with Crippen LogP contribution in [0.15, 0.2) is 0 Å². The van der Waals surface area contributed by atoms with Crippen LogP contribution >= 0.6 is 0 Å². The molecule has 2 nitrogen and oxygen atoms in total. The molecule has 0 bridgehead atoms. The molecule has 0 saturated heterocycles. The van der Waals surface area contributed by atoms with E-state index in [0.29, 0.717) is 5.41 Å². The molecule has 4 aliphatic carbocycles. The molecule has 21 heavy (non-hydrogen) atoms. The molecular weight excluding hydrogens is 260 g/mol. The molecule has 120 valence electrons. The molecule has 0 aromatic rings. The van der Waals surface area contributed by atoms with E-state index < -0.39 is 0 Å². The summed E-state index contributed by atoms with van der Waals surface area (Å²) in [6.07, 6.45) is 10.7. The molecule has 4 rings (SSSR count). The van der Waals surface area contributed by atoms with Crippen molar-refractivity contribution in [1.29, 1.82) is 0 Å². The van der Waals surface area contributed by atoms with E-state index in [1.165, 1.54) is 38.5 Å². The van der Waals surface area contributed by atoms with Gasteiger partial charge >= 0.3 is 0 Å². The predicted octanol–water partition coefficient (Wildman–Crippen LogP) is 3.75. The Bertz CT molecular complexity index is 422. The molecule has 4 saturated carbocycles. The van der Waals surface area contributed by atoms with Crippen LogP contribution in [0.25, 0.3) is 0 Å². The van der Waals surface area contributed by atoms with E-state index in [-0.39, 0.29) is 17.6 Å². The first-order valence-corrected chi connectivity index (χ1v) is 9.31. The van der Waals surface area contributed by atoms with E-state index in [2.05, 4.69) is 13.8 Å². The van der Waals surface area contributed by atoms with E-state index in [1.807, 2.05) is 0 Å². The molecule has 4 aliphatic rings. The Kier molecular flexibility index (Phi) is 3.25. The number of fused-ring (bicyclic) bond motifs is 5. The van der Waals surface area contributed by atoms with Crippen molar-refractivity contribution >= 4 is 0 Å². The van der Waals surface area contributed by atoms with Crippen molar-refractivity contribution in [2.24, 2.45) is 34.5 Å². The Balaban J connectivity index is 1.62. The highest BCUT2D eigenvalue weighted by Crippen LogP contribution is 2.66. The average Bonchev–Trinajstić information content (AvgIpc) is 2.76. The fourth-order valence-electron chi connectivity index (χ4n) is 7.21. The summed E-state index contributed by atoms with van der Waals surface area (Å²) in [6, 6.07) is 0. The summed E-state index contributed by atoms with van der Waals surface area (Å²) >= 11 is 0. The van der Waals surface area contributed by atoms with Crippen molar-refractivity contribution in [2.45, 2.75) is 83.8 Å². The Morgan fingerprint density at radius 3 is 2.29 bits per heavy atom. The fraction of sp³-hybridized carbons (Fsp3) is 1.00. The Morgan fingerprint density at radius 2 is 1.48 bits per heavy atom. The second-order valence-corrected chi connectivity index (χ2v) is 9.22. The third-order valence-electron chi connectivity index (χ3n) is 8.59. The van der Waals surface area contributed by atoms with Gasteiger partial charge in [-0.1, -0.05) is 13.8 Å². The molecule has 4 fully saturated rings. The van der Waals surface area contributed by atoms with Gasteiger partial charge in [0.25, 0.3) is 0 Å². The highest BCUT2D eigenvalue weighted by atomic mass is 16.3. The summed E-state index contributed by atoms with van der Waals surface area (Å²) in [5, 5.41) is 20.5. The maximum absolute atomic E-state index is 10.5. The zero-order valence-electron chi connectivity index (χ0n) is 13.7. The van der Waals surface area contributed by atoms with Crippen LogP contribution in [0, 0.1) is 34.5 Å². The van der Waals surface area contributed by atoms with Crippen LogP contribution in [0.2, 0.25) is 0 Å². The number of aliphatic hydroxyl groups excluding tert-OH is 2. The van der Waals surface area contributed by atoms with Gasteiger partial charge in [0, 0.05) is 0 Å². The van der Waals surface area contributed by atoms with Crippen LogP contribution in [-0.2, 0) is 0 Å². The minimum atomic E-state index is -0.0536. The SMILES string of the molecule is CC12CC[C@H]3[C@@H](CC[C@H]4CC(O)CCC43C)[C@@H]1CCC2O. The van der Waals surface area contributed by atoms with Gasteiger partial charge in [0.15, 0.2) is 0 Å². The maximum Gasteiger partial charge on any atom is 0.0596 e. The summed E-state index contributed by atoms with van der Waals surface area (Å²) in [5.74, 6) is 3.21. The first-order chi connectivity index (χ1) is 9.95. The van der Waals surface area contributed by atoms with E-state index in [9.17, 15) is 10.2 Å². The molecular formula is C19H32O2. The van der Waals surface area contributed by atoms with Crippen molar-refractivity contribution in [2.75, 3.05) is 0 Å². The first kappa shape index (κ1) is 14.5. The molecule has 0 aromatic heterocycles. The molecule has 0 spiro atoms. The monoisotopic (exact) mass is 292 g/mol. The summed E-state index contributed by atoms with van der Waals surface area (Å²) in [4.78, 5) is 0. The van der Waals surface area contributed by atoms with Gasteiger partial charge < -0.3 is 10.2 Å². The largest absolute Gasteiger partial charge is 0.393 e. The molecule has 2 N–H and O–H groups in total. The molecule has 0 heterocycles. The minimum Gasteiger partial charge on any atom is -0.393 e. The summed E-state index contributed by atoms with van der Waals surface area (Å²) in [7, 11) is 0. The normalized spacial score (nSPS) is 60.0. The number of aliphatic hydroxyl groups is 2. The summed E-state index contributed by atoms with van der Waals surface area (Å²) < 4.78 is 0. The topological polar surface area (TPSA) is 40.5 Å². The average molecular weight is 292 g/mol. The lowest BCUT2D eigenvalue weighted by atomic mass is 9.45. The van der Waals surface area contributed by atoms with Gasteiger partial charge in [0.05, 0.1) is 12.2 Å². The van der Waals surface area contributed by atoms with Crippen molar-refractivity contribution in [3.8, 4) is 0 Å². The van der Waals surface area contributed by atoms with E-state index in [0.717, 1.165) is 42.9 Å². The van der Waals surface area contributed by atoms with Gasteiger partial charge in [0.1, 0.15) is 0 Å². The van der Waals surface area contributed by atoms with Crippen molar-refractivity contribution in [3.63, 3.8) is 0 Å². The van der Waals surface area contributed by atoms with Gasteiger partial charge in [0.2, 0.25) is 0 Å². The van der Waals surface area contributed by atoms with Crippen molar-refractivity contribution in [1.82, 2.24) is 0 Å². The van der Waals surface area contributed by atoms with Crippen molar-refractivity contribution in [3.05, 3.63) is 0 Å². The lowest BCUT2D eigenvalue weighted by Crippen LogP contribution is -2.54. The van der Waals surface area contributed by atoms with Crippen LogP contribution in [0.5, 0.6) is 0 Å². The first-order valence-electron chi connectivity index (χ1n) is 9.31. The van der Waals surface area contributed by atoms with E-state index in [4.69, 9.17) is 0 Å². The molecule has 8 atom stereocenters. The highest BCUT2D eigenvalue weighted by molar-refractivity contribution is 5.09. The second kappa shape index (κ2) is 4.71. The lowest BCUT2D eigenvalue weighted by molar-refractivity contribution is -0.133. The van der Waals surface area contributed by atoms with Crippen LogP contribution in [0.4, 0.5) is 0 Å². The van der Waals surface area contributed by atoms with Gasteiger partial charge in [-0.3, -0.25) is 0 Å². The fourth-order valence-corrected chi connectivity index (χ4v) is 7.21. The highest BCUT2D eigenvalue weighted by Gasteiger charge is 2.59. The van der Waals surface area contributed by atoms with Gasteiger partial charge in [-0.15, -0.1) is 0 Å². The summed E-state index contributed by atoms with van der Waals surface area (Å²) in [6.45, 7) is 4.90. The Hall–Kier alpha value is -0.0800. The summed E-state index contributed by atoms with van der Waals surface area (Å²) in [5.41, 5.74) is 0.676. The van der Waals surface area contributed by atoms with E-state index >= 15 is 0 Å². The standard InChI is InChI=1S/C19H32O2/c1-18-9-7-13(20)11-12(18)3-4-14-15-5-6-17(21)19(15,2)10-8-16(14)18/h12-17,20-21H,3-11H2,1-2H3/t12-,13?,14-,15-,16-,17?,18?,19?/m0/s1. The minimum absolute atomic E-state index is 0.0400. The third kappa shape index (κ3) is 1.91. The second-order valence-electron chi connectivity index (χ2n) is 9.22. The zero-order chi connectivity index (χ0) is 14.8. The van der Waals surface area contributed by atoms with Crippen LogP contribution < -0.4 is 0 Å². The number of hydrogen-bond donors (Lipinski definition) is 2. The maximum atomic E-state index is 10.5. The number of hydrogen-bond acceptors (Lipinski definition) is 2.